The second-order valence-electron chi connectivity index (χ2n) is 0.308. The van der Waals surface area contributed by atoms with Gasteiger partial charge in [0.25, 0.3) is 0 Å². The molecule has 0 aliphatic rings. The molecule has 2 heteroatoms. The first-order valence-corrected chi connectivity index (χ1v) is 4.15. The van der Waals surface area contributed by atoms with Gasteiger partial charge in [0.2, 0.25) is 0 Å². The molecule has 0 fully saturated rings. The van der Waals surface area contributed by atoms with Crippen molar-refractivity contribution in [3.8, 4) is 0 Å². The zero-order chi connectivity index (χ0) is 3.41. The van der Waals surface area contributed by atoms with Gasteiger partial charge < -0.3 is 0 Å². The van der Waals surface area contributed by atoms with Crippen molar-refractivity contribution in [2.75, 3.05) is 0 Å². The molecule has 0 bridgehead atoms. The van der Waals surface area contributed by atoms with Gasteiger partial charge >= 0.3 is 38.3 Å². The minimum absolute atomic E-state index is 0.469. The topological polar surface area (TPSA) is 0 Å². The summed E-state index contributed by atoms with van der Waals surface area (Å²) in [6, 6.07) is 0. The third-order valence-electron chi connectivity index (χ3n) is 0.0845. The van der Waals surface area contributed by atoms with Gasteiger partial charge in [-0.3, -0.25) is 0 Å². The molecule has 0 spiro atoms. The van der Waals surface area contributed by atoms with E-state index in [1.165, 1.54) is 0 Å². The molecule has 0 radical (unpaired) electrons. The van der Waals surface area contributed by atoms with Crippen LogP contribution in [-0.4, -0.2) is 0 Å². The molecular weight excluding hydrogens is 166 g/mol. The van der Waals surface area contributed by atoms with Gasteiger partial charge in [-0.2, -0.15) is 0 Å². The van der Waals surface area contributed by atoms with Crippen LogP contribution in [0.15, 0.2) is 0 Å². The zero-order valence-electron chi connectivity index (χ0n) is 2.40. The Labute approximate surface area is 38.7 Å². The van der Waals surface area contributed by atoms with E-state index in [9.17, 15) is 0 Å². The first-order valence-electron chi connectivity index (χ1n) is 1.05. The van der Waals surface area contributed by atoms with Crippen molar-refractivity contribution in [2.45, 2.75) is 11.8 Å². The molecule has 0 aliphatic carbocycles. The second kappa shape index (κ2) is 3.95. The summed E-state index contributed by atoms with van der Waals surface area (Å²) in [5.41, 5.74) is 0. The normalized spacial score (nSPS) is 8.50. The zero-order valence-corrected chi connectivity index (χ0v) is 4.71. The van der Waals surface area contributed by atoms with Crippen LogP contribution >= 0.6 is 9.53 Å². The van der Waals surface area contributed by atoms with Gasteiger partial charge in [-0.05, 0) is 0 Å². The molecule has 0 saturated carbocycles. The van der Waals surface area contributed by atoms with E-state index in [-0.39, 0.29) is 0 Å². The Kier molecular flexibility index (Phi) is 4.89. The monoisotopic (exact) mass is 170 g/mol. The van der Waals surface area contributed by atoms with E-state index in [2.05, 4.69) is 6.92 Å². The maximum absolute atomic E-state index is 5.24. The number of hydrogen-bond donors (Lipinski definition) is 0. The fourth-order valence-electron chi connectivity index (χ4n) is 0. The van der Waals surface area contributed by atoms with Crippen molar-refractivity contribution >= 4 is 9.53 Å². The number of halogens is 1. The van der Waals surface area contributed by atoms with E-state index in [4.69, 9.17) is 9.53 Å². The molecule has 0 atom stereocenters. The van der Waals surface area contributed by atoms with Crippen LogP contribution in [0.1, 0.15) is 6.92 Å². The average Bonchev–Trinajstić information content (AvgIpc) is 1.37. The molecule has 0 aromatic carbocycles. The molecule has 0 aliphatic heterocycles. The third-order valence-corrected chi connectivity index (χ3v) is 1.50. The van der Waals surface area contributed by atoms with E-state index in [0.717, 1.165) is 4.89 Å². The van der Waals surface area contributed by atoms with E-state index >= 15 is 0 Å². The van der Waals surface area contributed by atoms with Gasteiger partial charge in [0.15, 0.2) is 0 Å². The van der Waals surface area contributed by atoms with E-state index in [1.807, 2.05) is 0 Å². The molecule has 0 aromatic heterocycles. The van der Waals surface area contributed by atoms with Crippen molar-refractivity contribution in [2.24, 2.45) is 0 Å². The molecule has 0 nitrogen and oxygen atoms in total. The van der Waals surface area contributed by atoms with Crippen molar-refractivity contribution in [3.05, 3.63) is 0 Å². The van der Waals surface area contributed by atoms with Crippen LogP contribution in [0.3, 0.4) is 0 Å². The van der Waals surface area contributed by atoms with Crippen LogP contribution < -0.4 is 0 Å². The summed E-state index contributed by atoms with van der Waals surface area (Å²) < 4.78 is 0. The van der Waals surface area contributed by atoms with Crippen LogP contribution in [-0.2, 0) is 17.0 Å². The Morgan fingerprint density at radius 1 is 2.00 bits per heavy atom. The minimum atomic E-state index is 0.469. The van der Waals surface area contributed by atoms with Crippen LogP contribution in [0.2, 0.25) is 4.89 Å². The van der Waals surface area contributed by atoms with Crippen LogP contribution in [0, 0.1) is 0 Å². The quantitative estimate of drug-likeness (QED) is 0.526. The first-order chi connectivity index (χ1) is 1.91. The van der Waals surface area contributed by atoms with Crippen molar-refractivity contribution in [1.29, 1.82) is 0 Å². The molecule has 4 heavy (non-hydrogen) atoms. The van der Waals surface area contributed by atoms with E-state index in [0.29, 0.717) is 17.0 Å². The fourth-order valence-corrected chi connectivity index (χ4v) is 0. The predicted molar refractivity (Wildman–Crippen MR) is 16.3 cm³/mol. The molecule has 0 aromatic rings. The molecule has 30 valence electrons. The number of rotatable bonds is 1. The average molecular weight is 171 g/mol. The molecule has 0 heterocycles. The van der Waals surface area contributed by atoms with Gasteiger partial charge in [0.05, 0.1) is 0 Å². The van der Waals surface area contributed by atoms with Gasteiger partial charge in [0, 0.05) is 0 Å². The Bertz CT molecular complexity index is 8.00. The predicted octanol–water partition coefficient (Wildman–Crippen LogP) is 1.66. The maximum atomic E-state index is 5.24. The van der Waals surface area contributed by atoms with Crippen molar-refractivity contribution in [1.82, 2.24) is 0 Å². The Balaban J connectivity index is 1.97. The Morgan fingerprint density at radius 2 is 2.25 bits per heavy atom. The summed E-state index contributed by atoms with van der Waals surface area (Å²) in [7, 11) is 5.24. The molecule has 0 rings (SSSR count). The molecule has 0 N–H and O–H groups in total. The van der Waals surface area contributed by atoms with Crippen LogP contribution in [0.5, 0.6) is 0 Å². The van der Waals surface area contributed by atoms with Crippen LogP contribution in [0.25, 0.3) is 0 Å². The van der Waals surface area contributed by atoms with Crippen molar-refractivity contribution in [3.63, 3.8) is 0 Å². The third kappa shape index (κ3) is 2.95. The van der Waals surface area contributed by atoms with E-state index < -0.39 is 0 Å². The first kappa shape index (κ1) is 4.95. The summed E-state index contributed by atoms with van der Waals surface area (Å²) in [5, 5.41) is 0. The Hall–Kier alpha value is 0.952. The molecule has 0 saturated heterocycles. The van der Waals surface area contributed by atoms with Crippen LogP contribution in [0.4, 0.5) is 0 Å². The summed E-state index contributed by atoms with van der Waals surface area (Å²) in [4.78, 5) is 1.13. The van der Waals surface area contributed by atoms with Gasteiger partial charge in [-0.15, -0.1) is 0 Å². The summed E-state index contributed by atoms with van der Waals surface area (Å²) in [5.74, 6) is 0. The summed E-state index contributed by atoms with van der Waals surface area (Å²) in [6.45, 7) is 2.07. The molecule has 0 unspecified atom stereocenters. The summed E-state index contributed by atoms with van der Waals surface area (Å²) in [6.07, 6.45) is 0. The van der Waals surface area contributed by atoms with E-state index in [1.54, 1.807) is 0 Å². The number of hydrogen-bond acceptors (Lipinski definition) is 0. The van der Waals surface area contributed by atoms with Gasteiger partial charge in [-0.25, -0.2) is 0 Å². The Morgan fingerprint density at radius 3 is 2.25 bits per heavy atom. The van der Waals surface area contributed by atoms with Gasteiger partial charge in [-0.1, -0.05) is 0 Å². The summed E-state index contributed by atoms with van der Waals surface area (Å²) >= 11 is 0.469. The SMILES string of the molecule is C[CH2][Pd][Cl]. The molecule has 0 amide bonds. The molecular formula is C2H5ClPd. The standard InChI is InChI=1S/C2H5.ClH.Pd/c1-2;;/h1H2,2H3;1H;/q;;+1/p-1. The van der Waals surface area contributed by atoms with Crippen molar-refractivity contribution < 1.29 is 17.0 Å². The second-order valence-corrected chi connectivity index (χ2v) is 2.82. The fraction of sp³-hybridized carbons (Fsp3) is 1.00. The van der Waals surface area contributed by atoms with Gasteiger partial charge in [0.1, 0.15) is 0 Å².